The second kappa shape index (κ2) is 4.24. The van der Waals surface area contributed by atoms with Crippen molar-refractivity contribution in [1.82, 2.24) is 4.90 Å². The molecule has 0 bridgehead atoms. The standard InChI is InChI=1S/C10H21NO/c1-10(2)6-4-7-11(10)8-5-9-12-3/h4-9H2,1-3H3. The van der Waals surface area contributed by atoms with Gasteiger partial charge in [0.1, 0.15) is 0 Å². The van der Waals surface area contributed by atoms with E-state index in [4.69, 9.17) is 4.74 Å². The van der Waals surface area contributed by atoms with Crippen LogP contribution in [0, 0.1) is 0 Å². The van der Waals surface area contributed by atoms with Gasteiger partial charge >= 0.3 is 0 Å². The number of rotatable bonds is 4. The molecular formula is C10H21NO. The molecule has 0 spiro atoms. The molecule has 2 nitrogen and oxygen atoms in total. The quantitative estimate of drug-likeness (QED) is 0.599. The van der Waals surface area contributed by atoms with E-state index in [0.717, 1.165) is 6.61 Å². The number of methoxy groups -OCH3 is 1. The van der Waals surface area contributed by atoms with E-state index in [1.807, 2.05) is 0 Å². The lowest BCUT2D eigenvalue weighted by atomic mass is 10.0. The average molecular weight is 171 g/mol. The van der Waals surface area contributed by atoms with Crippen LogP contribution >= 0.6 is 0 Å². The monoisotopic (exact) mass is 171 g/mol. The summed E-state index contributed by atoms with van der Waals surface area (Å²) in [7, 11) is 1.77. The Balaban J connectivity index is 2.22. The molecule has 0 amide bonds. The third kappa shape index (κ3) is 2.46. The Bertz CT molecular complexity index is 134. The third-order valence-corrected chi connectivity index (χ3v) is 2.85. The van der Waals surface area contributed by atoms with Crippen LogP contribution in [0.15, 0.2) is 0 Å². The van der Waals surface area contributed by atoms with Crippen molar-refractivity contribution in [3.63, 3.8) is 0 Å². The zero-order chi connectivity index (χ0) is 9.03. The zero-order valence-corrected chi connectivity index (χ0v) is 8.60. The van der Waals surface area contributed by atoms with Gasteiger partial charge in [-0.2, -0.15) is 0 Å². The van der Waals surface area contributed by atoms with Gasteiger partial charge in [0.25, 0.3) is 0 Å². The van der Waals surface area contributed by atoms with E-state index in [2.05, 4.69) is 18.7 Å². The molecule has 2 heteroatoms. The minimum Gasteiger partial charge on any atom is -0.385 e. The fourth-order valence-corrected chi connectivity index (χ4v) is 1.98. The first-order valence-corrected chi connectivity index (χ1v) is 4.91. The average Bonchev–Trinajstić information content (AvgIpc) is 2.32. The van der Waals surface area contributed by atoms with Gasteiger partial charge in [-0.3, -0.25) is 4.90 Å². The van der Waals surface area contributed by atoms with Crippen LogP contribution in [0.2, 0.25) is 0 Å². The zero-order valence-electron chi connectivity index (χ0n) is 8.60. The van der Waals surface area contributed by atoms with Crippen molar-refractivity contribution in [2.45, 2.75) is 38.6 Å². The molecule has 1 aliphatic heterocycles. The largest absolute Gasteiger partial charge is 0.385 e. The first-order chi connectivity index (χ1) is 5.67. The molecule has 1 aliphatic rings. The van der Waals surface area contributed by atoms with E-state index in [9.17, 15) is 0 Å². The maximum Gasteiger partial charge on any atom is 0.0474 e. The summed E-state index contributed by atoms with van der Waals surface area (Å²) < 4.78 is 5.04. The first kappa shape index (κ1) is 10.0. The van der Waals surface area contributed by atoms with Gasteiger partial charge in [0.2, 0.25) is 0 Å². The van der Waals surface area contributed by atoms with Crippen molar-refractivity contribution >= 4 is 0 Å². The number of hydrogen-bond acceptors (Lipinski definition) is 2. The Morgan fingerprint density at radius 3 is 2.67 bits per heavy atom. The van der Waals surface area contributed by atoms with Crippen LogP contribution in [0.3, 0.4) is 0 Å². The van der Waals surface area contributed by atoms with Crippen molar-refractivity contribution in [3.8, 4) is 0 Å². The molecule has 0 aromatic heterocycles. The fourth-order valence-electron chi connectivity index (χ4n) is 1.98. The highest BCUT2D eigenvalue weighted by molar-refractivity contribution is 4.87. The first-order valence-electron chi connectivity index (χ1n) is 4.91. The molecule has 1 saturated heterocycles. The van der Waals surface area contributed by atoms with Crippen molar-refractivity contribution in [3.05, 3.63) is 0 Å². The SMILES string of the molecule is COCCCN1CCCC1(C)C. The fraction of sp³-hybridized carbons (Fsp3) is 1.00. The van der Waals surface area contributed by atoms with Crippen LogP contribution in [-0.4, -0.2) is 37.2 Å². The van der Waals surface area contributed by atoms with Crippen molar-refractivity contribution in [2.75, 3.05) is 26.8 Å². The molecule has 0 unspecified atom stereocenters. The second-order valence-corrected chi connectivity index (χ2v) is 4.25. The molecule has 0 aromatic carbocycles. The van der Waals surface area contributed by atoms with E-state index in [1.54, 1.807) is 7.11 Å². The molecule has 1 fully saturated rings. The molecule has 0 saturated carbocycles. The molecule has 0 aromatic rings. The predicted octanol–water partition coefficient (Wildman–Crippen LogP) is 1.90. The molecule has 0 atom stereocenters. The third-order valence-electron chi connectivity index (χ3n) is 2.85. The van der Waals surface area contributed by atoms with Crippen LogP contribution < -0.4 is 0 Å². The van der Waals surface area contributed by atoms with E-state index >= 15 is 0 Å². The van der Waals surface area contributed by atoms with Gasteiger partial charge in [0, 0.05) is 25.8 Å². The summed E-state index contributed by atoms with van der Waals surface area (Å²) in [5.74, 6) is 0. The number of hydrogen-bond donors (Lipinski definition) is 0. The van der Waals surface area contributed by atoms with Gasteiger partial charge in [-0.25, -0.2) is 0 Å². The lowest BCUT2D eigenvalue weighted by Crippen LogP contribution is -2.38. The number of ether oxygens (including phenoxy) is 1. The molecule has 0 N–H and O–H groups in total. The lowest BCUT2D eigenvalue weighted by molar-refractivity contribution is 0.138. The second-order valence-electron chi connectivity index (χ2n) is 4.25. The molecule has 12 heavy (non-hydrogen) atoms. The molecule has 0 aliphatic carbocycles. The number of likely N-dealkylation sites (tertiary alicyclic amines) is 1. The van der Waals surface area contributed by atoms with Gasteiger partial charge in [-0.1, -0.05) is 0 Å². The van der Waals surface area contributed by atoms with Crippen molar-refractivity contribution in [2.24, 2.45) is 0 Å². The Hall–Kier alpha value is -0.0800. The summed E-state index contributed by atoms with van der Waals surface area (Å²) in [5, 5.41) is 0. The summed E-state index contributed by atoms with van der Waals surface area (Å²) >= 11 is 0. The van der Waals surface area contributed by atoms with Crippen molar-refractivity contribution in [1.29, 1.82) is 0 Å². The van der Waals surface area contributed by atoms with Crippen LogP contribution in [-0.2, 0) is 4.74 Å². The number of nitrogens with zero attached hydrogens (tertiary/aromatic N) is 1. The van der Waals surface area contributed by atoms with Gasteiger partial charge in [-0.05, 0) is 39.7 Å². The summed E-state index contributed by atoms with van der Waals surface area (Å²) in [6, 6.07) is 0. The predicted molar refractivity (Wildman–Crippen MR) is 51.4 cm³/mol. The van der Waals surface area contributed by atoms with E-state index < -0.39 is 0 Å². The smallest absolute Gasteiger partial charge is 0.0474 e. The molecule has 72 valence electrons. The highest BCUT2D eigenvalue weighted by Gasteiger charge is 2.30. The molecule has 1 heterocycles. The molecule has 1 rings (SSSR count). The van der Waals surface area contributed by atoms with E-state index in [-0.39, 0.29) is 0 Å². The maximum absolute atomic E-state index is 5.04. The summed E-state index contributed by atoms with van der Waals surface area (Å²) in [4.78, 5) is 2.58. The lowest BCUT2D eigenvalue weighted by Gasteiger charge is -2.31. The Morgan fingerprint density at radius 1 is 1.42 bits per heavy atom. The highest BCUT2D eigenvalue weighted by Crippen LogP contribution is 2.27. The highest BCUT2D eigenvalue weighted by atomic mass is 16.5. The van der Waals surface area contributed by atoms with Crippen molar-refractivity contribution < 1.29 is 4.74 Å². The van der Waals surface area contributed by atoms with Crippen LogP contribution in [0.4, 0.5) is 0 Å². The van der Waals surface area contributed by atoms with E-state index in [0.29, 0.717) is 5.54 Å². The van der Waals surface area contributed by atoms with Gasteiger partial charge < -0.3 is 4.74 Å². The normalized spacial score (nSPS) is 23.2. The van der Waals surface area contributed by atoms with Crippen LogP contribution in [0.25, 0.3) is 0 Å². The summed E-state index contributed by atoms with van der Waals surface area (Å²) in [6.45, 7) is 8.05. The van der Waals surface area contributed by atoms with E-state index in [1.165, 1.54) is 32.4 Å². The maximum atomic E-state index is 5.04. The van der Waals surface area contributed by atoms with Gasteiger partial charge in [-0.15, -0.1) is 0 Å². The summed E-state index contributed by atoms with van der Waals surface area (Å²) in [5.41, 5.74) is 0.438. The van der Waals surface area contributed by atoms with Crippen LogP contribution in [0.5, 0.6) is 0 Å². The van der Waals surface area contributed by atoms with Crippen LogP contribution in [0.1, 0.15) is 33.1 Å². The van der Waals surface area contributed by atoms with Gasteiger partial charge in [0.05, 0.1) is 0 Å². The Morgan fingerprint density at radius 2 is 2.17 bits per heavy atom. The topological polar surface area (TPSA) is 12.5 Å². The molecular weight excluding hydrogens is 150 g/mol. The minimum absolute atomic E-state index is 0.438. The summed E-state index contributed by atoms with van der Waals surface area (Å²) in [6.07, 6.45) is 3.87. The van der Waals surface area contributed by atoms with Gasteiger partial charge in [0.15, 0.2) is 0 Å². The Labute approximate surface area is 75.9 Å². The Kier molecular flexibility index (Phi) is 3.53. The molecule has 0 radical (unpaired) electrons. The minimum atomic E-state index is 0.438.